The van der Waals surface area contributed by atoms with Gasteiger partial charge in [-0.3, -0.25) is 9.59 Å². The molecule has 0 atom stereocenters. The minimum absolute atomic E-state index is 0.0252. The summed E-state index contributed by atoms with van der Waals surface area (Å²) in [5.74, 6) is 1.42. The number of hydrogen-bond acceptors (Lipinski definition) is 3. The Kier molecular flexibility index (Phi) is 3.23. The highest BCUT2D eigenvalue weighted by Gasteiger charge is 2.23. The zero-order valence-electron chi connectivity index (χ0n) is 10.8. The quantitative estimate of drug-likeness (QED) is 0.876. The molecule has 1 amide bonds. The van der Waals surface area contributed by atoms with Crippen molar-refractivity contribution in [3.8, 4) is 5.75 Å². The first-order chi connectivity index (χ1) is 9.24. The molecule has 0 spiro atoms. The molecule has 0 saturated heterocycles. The van der Waals surface area contributed by atoms with Crippen LogP contribution in [0.3, 0.4) is 0 Å². The van der Waals surface area contributed by atoms with Crippen LogP contribution in [-0.2, 0) is 11.2 Å². The molecule has 4 heteroatoms. The molecule has 100 valence electrons. The SMILES string of the molecule is O=C(COc1cccc2c1CCC2=O)NCC1CC1. The van der Waals surface area contributed by atoms with Crippen LogP contribution in [0.25, 0.3) is 0 Å². The predicted octanol–water partition coefficient (Wildman–Crippen LogP) is 1.72. The number of nitrogens with one attached hydrogen (secondary N) is 1. The fourth-order valence-corrected chi connectivity index (χ4v) is 2.37. The van der Waals surface area contributed by atoms with Crippen LogP contribution >= 0.6 is 0 Å². The number of amides is 1. The van der Waals surface area contributed by atoms with Gasteiger partial charge in [0.05, 0.1) is 0 Å². The van der Waals surface area contributed by atoms with Crippen LogP contribution in [-0.4, -0.2) is 24.8 Å². The van der Waals surface area contributed by atoms with E-state index in [2.05, 4.69) is 5.32 Å². The molecule has 3 rings (SSSR count). The van der Waals surface area contributed by atoms with E-state index in [1.165, 1.54) is 12.8 Å². The molecule has 1 N–H and O–H groups in total. The lowest BCUT2D eigenvalue weighted by Crippen LogP contribution is -2.30. The topological polar surface area (TPSA) is 55.4 Å². The molecular weight excluding hydrogens is 242 g/mol. The number of carbonyl (C=O) groups excluding carboxylic acids is 2. The van der Waals surface area contributed by atoms with Gasteiger partial charge in [-0.25, -0.2) is 0 Å². The lowest BCUT2D eigenvalue weighted by Gasteiger charge is -2.10. The lowest BCUT2D eigenvalue weighted by atomic mass is 10.1. The third-order valence-electron chi connectivity index (χ3n) is 3.68. The summed E-state index contributed by atoms with van der Waals surface area (Å²) in [7, 11) is 0. The number of carbonyl (C=O) groups is 2. The summed E-state index contributed by atoms with van der Waals surface area (Å²) >= 11 is 0. The molecule has 19 heavy (non-hydrogen) atoms. The Morgan fingerprint density at radius 3 is 2.95 bits per heavy atom. The first kappa shape index (κ1) is 12.2. The third kappa shape index (κ3) is 2.78. The zero-order valence-corrected chi connectivity index (χ0v) is 10.8. The Bertz CT molecular complexity index is 520. The first-order valence-corrected chi connectivity index (χ1v) is 6.78. The van der Waals surface area contributed by atoms with E-state index < -0.39 is 0 Å². The van der Waals surface area contributed by atoms with E-state index in [4.69, 9.17) is 4.74 Å². The van der Waals surface area contributed by atoms with E-state index >= 15 is 0 Å². The number of Topliss-reactive ketones (excluding diaryl/α,β-unsaturated/α-hetero) is 1. The fourth-order valence-electron chi connectivity index (χ4n) is 2.37. The second-order valence-corrected chi connectivity index (χ2v) is 5.24. The van der Waals surface area contributed by atoms with Crippen molar-refractivity contribution in [3.05, 3.63) is 29.3 Å². The van der Waals surface area contributed by atoms with Crippen molar-refractivity contribution in [2.24, 2.45) is 5.92 Å². The lowest BCUT2D eigenvalue weighted by molar-refractivity contribution is -0.123. The maximum Gasteiger partial charge on any atom is 0.257 e. The second-order valence-electron chi connectivity index (χ2n) is 5.24. The Morgan fingerprint density at radius 2 is 2.16 bits per heavy atom. The smallest absolute Gasteiger partial charge is 0.257 e. The van der Waals surface area contributed by atoms with Gasteiger partial charge in [0.1, 0.15) is 5.75 Å². The van der Waals surface area contributed by atoms with Crippen LogP contribution in [0.4, 0.5) is 0 Å². The van der Waals surface area contributed by atoms with Gasteiger partial charge in [0, 0.05) is 24.1 Å². The Hall–Kier alpha value is -1.84. The Morgan fingerprint density at radius 1 is 1.32 bits per heavy atom. The largest absolute Gasteiger partial charge is 0.483 e. The Labute approximate surface area is 112 Å². The summed E-state index contributed by atoms with van der Waals surface area (Å²) in [5, 5.41) is 2.86. The van der Waals surface area contributed by atoms with Gasteiger partial charge in [0.2, 0.25) is 0 Å². The maximum absolute atomic E-state index is 11.6. The van der Waals surface area contributed by atoms with Crippen molar-refractivity contribution in [1.29, 1.82) is 0 Å². The highest BCUT2D eigenvalue weighted by Crippen LogP contribution is 2.30. The molecule has 1 aromatic carbocycles. The average molecular weight is 259 g/mol. The number of rotatable bonds is 5. The number of ether oxygens (including phenoxy) is 1. The molecule has 0 aromatic heterocycles. The minimum atomic E-state index is -0.0890. The highest BCUT2D eigenvalue weighted by molar-refractivity contribution is 6.01. The minimum Gasteiger partial charge on any atom is -0.483 e. The monoisotopic (exact) mass is 259 g/mol. The van der Waals surface area contributed by atoms with Gasteiger partial charge in [-0.05, 0) is 31.2 Å². The zero-order chi connectivity index (χ0) is 13.2. The first-order valence-electron chi connectivity index (χ1n) is 6.78. The summed E-state index contributed by atoms with van der Waals surface area (Å²) < 4.78 is 5.55. The molecule has 1 saturated carbocycles. The third-order valence-corrected chi connectivity index (χ3v) is 3.68. The van der Waals surface area contributed by atoms with Gasteiger partial charge in [0.15, 0.2) is 12.4 Å². The van der Waals surface area contributed by atoms with Gasteiger partial charge in [0.25, 0.3) is 5.91 Å². The summed E-state index contributed by atoms with van der Waals surface area (Å²) in [4.78, 5) is 23.2. The second kappa shape index (κ2) is 5.03. The van der Waals surface area contributed by atoms with E-state index in [1.54, 1.807) is 6.07 Å². The van der Waals surface area contributed by atoms with Crippen molar-refractivity contribution >= 4 is 11.7 Å². The number of ketones is 1. The highest BCUT2D eigenvalue weighted by atomic mass is 16.5. The molecular formula is C15H17NO3. The van der Waals surface area contributed by atoms with E-state index in [1.807, 2.05) is 12.1 Å². The number of fused-ring (bicyclic) bond motifs is 1. The van der Waals surface area contributed by atoms with Crippen molar-refractivity contribution in [1.82, 2.24) is 5.32 Å². The van der Waals surface area contributed by atoms with Crippen LogP contribution in [0.5, 0.6) is 5.75 Å². The van der Waals surface area contributed by atoms with Crippen molar-refractivity contribution in [2.45, 2.75) is 25.7 Å². The van der Waals surface area contributed by atoms with Crippen LogP contribution < -0.4 is 10.1 Å². The van der Waals surface area contributed by atoms with Gasteiger partial charge in [-0.1, -0.05) is 12.1 Å². The van der Waals surface area contributed by atoms with Crippen LogP contribution in [0.2, 0.25) is 0 Å². The molecule has 1 fully saturated rings. The average Bonchev–Trinajstić information content (AvgIpc) is 3.18. The summed E-state index contributed by atoms with van der Waals surface area (Å²) in [6, 6.07) is 5.45. The van der Waals surface area contributed by atoms with E-state index in [0.717, 1.165) is 17.7 Å². The maximum atomic E-state index is 11.6. The molecule has 0 aliphatic heterocycles. The fraction of sp³-hybridized carbons (Fsp3) is 0.467. The molecule has 2 aliphatic rings. The van der Waals surface area contributed by atoms with Gasteiger partial charge >= 0.3 is 0 Å². The molecule has 4 nitrogen and oxygen atoms in total. The van der Waals surface area contributed by atoms with Gasteiger partial charge < -0.3 is 10.1 Å². The standard InChI is InChI=1S/C15H17NO3/c17-13-7-6-12-11(13)2-1-3-14(12)19-9-15(18)16-8-10-4-5-10/h1-3,10H,4-9H2,(H,16,18). The van der Waals surface area contributed by atoms with E-state index in [0.29, 0.717) is 24.5 Å². The van der Waals surface area contributed by atoms with Gasteiger partial charge in [-0.2, -0.15) is 0 Å². The molecule has 0 radical (unpaired) electrons. The van der Waals surface area contributed by atoms with Crippen LogP contribution in [0.1, 0.15) is 35.2 Å². The van der Waals surface area contributed by atoms with E-state index in [-0.39, 0.29) is 18.3 Å². The summed E-state index contributed by atoms with van der Waals surface area (Å²) in [5.41, 5.74) is 1.69. The molecule has 2 aliphatic carbocycles. The molecule has 0 unspecified atom stereocenters. The van der Waals surface area contributed by atoms with E-state index in [9.17, 15) is 9.59 Å². The van der Waals surface area contributed by atoms with Crippen LogP contribution in [0, 0.1) is 5.92 Å². The number of hydrogen-bond donors (Lipinski definition) is 1. The predicted molar refractivity (Wildman–Crippen MR) is 70.3 cm³/mol. The summed E-state index contributed by atoms with van der Waals surface area (Å²) in [6.07, 6.45) is 3.70. The summed E-state index contributed by atoms with van der Waals surface area (Å²) in [6.45, 7) is 0.783. The molecule has 1 aromatic rings. The molecule has 0 heterocycles. The van der Waals surface area contributed by atoms with Gasteiger partial charge in [-0.15, -0.1) is 0 Å². The van der Waals surface area contributed by atoms with Crippen LogP contribution in [0.15, 0.2) is 18.2 Å². The van der Waals surface area contributed by atoms with Crippen molar-refractivity contribution in [3.63, 3.8) is 0 Å². The Balaban J connectivity index is 1.57. The van der Waals surface area contributed by atoms with Crippen molar-refractivity contribution in [2.75, 3.05) is 13.2 Å². The normalized spacial score (nSPS) is 17.2. The number of benzene rings is 1. The molecule has 0 bridgehead atoms. The van der Waals surface area contributed by atoms with Crippen molar-refractivity contribution < 1.29 is 14.3 Å².